The molecule has 0 unspecified atom stereocenters. The Morgan fingerprint density at radius 2 is 2.12 bits per heavy atom. The summed E-state index contributed by atoms with van der Waals surface area (Å²) >= 11 is 16.6. The fraction of sp³-hybridized carbons (Fsp3) is 0.111. The molecule has 0 aromatic heterocycles. The molecule has 4 nitrogen and oxygen atoms in total. The Morgan fingerprint density at radius 3 is 2.65 bits per heavy atom. The molecule has 0 bridgehead atoms. The van der Waals surface area contributed by atoms with Crippen LogP contribution in [0.15, 0.2) is 33.7 Å². The second-order valence-corrected chi connectivity index (χ2v) is 5.65. The number of benzene rings is 1. The number of ether oxygens (including phenoxy) is 1. The van der Waals surface area contributed by atoms with E-state index in [-0.39, 0.29) is 27.3 Å². The third-order valence-electron chi connectivity index (χ3n) is 1.70. The van der Waals surface area contributed by atoms with Crippen LogP contribution in [-0.4, -0.2) is 15.0 Å². The van der Waals surface area contributed by atoms with Gasteiger partial charge in [0.25, 0.3) is 0 Å². The maximum atomic E-state index is 11.3. The second kappa shape index (κ2) is 5.93. The number of nitrogens with two attached hydrogens (primary N) is 1. The Bertz CT molecular complexity index is 542. The van der Waals surface area contributed by atoms with Crippen molar-refractivity contribution in [1.29, 1.82) is 0 Å². The van der Waals surface area contributed by atoms with Gasteiger partial charge in [-0.25, -0.2) is 13.6 Å². The number of hydrogen-bond acceptors (Lipinski definition) is 3. The highest BCUT2D eigenvalue weighted by atomic mass is 35.5. The number of halogens is 3. The smallest absolute Gasteiger partial charge is 0.241 e. The number of hydrogen-bond donors (Lipinski definition) is 1. The van der Waals surface area contributed by atoms with Crippen molar-refractivity contribution in [3.05, 3.63) is 33.8 Å². The van der Waals surface area contributed by atoms with Crippen molar-refractivity contribution in [2.24, 2.45) is 5.14 Å². The van der Waals surface area contributed by atoms with E-state index in [1.807, 2.05) is 0 Å². The van der Waals surface area contributed by atoms with Gasteiger partial charge in [0, 0.05) is 10.6 Å². The first-order valence-corrected chi connectivity index (χ1v) is 6.98. The lowest BCUT2D eigenvalue weighted by Gasteiger charge is -2.09. The Kier molecular flexibility index (Phi) is 5.09. The third-order valence-corrected chi connectivity index (χ3v) is 3.46. The van der Waals surface area contributed by atoms with Crippen LogP contribution in [0.4, 0.5) is 0 Å². The van der Waals surface area contributed by atoms with E-state index in [2.05, 4.69) is 0 Å². The van der Waals surface area contributed by atoms with Crippen LogP contribution < -0.4 is 9.88 Å². The summed E-state index contributed by atoms with van der Waals surface area (Å²) in [5.74, 6) is 0.0635. The fourth-order valence-corrected chi connectivity index (χ4v) is 2.05. The summed E-state index contributed by atoms with van der Waals surface area (Å²) in [6.45, 7) is -0.0603. The van der Waals surface area contributed by atoms with E-state index in [0.717, 1.165) is 5.54 Å². The SMILES string of the molecule is NS(=O)(=O)c1cc(Cl)ccc1OC/C(Cl)=C/Cl. The predicted octanol–water partition coefficient (Wildman–Crippen LogP) is 2.69. The summed E-state index contributed by atoms with van der Waals surface area (Å²) in [6.07, 6.45) is 0. The molecule has 0 heterocycles. The van der Waals surface area contributed by atoms with Crippen LogP contribution >= 0.6 is 34.8 Å². The topological polar surface area (TPSA) is 69.4 Å². The molecule has 17 heavy (non-hydrogen) atoms. The van der Waals surface area contributed by atoms with Gasteiger partial charge < -0.3 is 4.74 Å². The summed E-state index contributed by atoms with van der Waals surface area (Å²) in [5, 5.41) is 5.49. The van der Waals surface area contributed by atoms with Gasteiger partial charge >= 0.3 is 0 Å². The first-order valence-electron chi connectivity index (χ1n) is 4.24. The highest BCUT2D eigenvalue weighted by Gasteiger charge is 2.16. The molecule has 0 aliphatic rings. The zero-order chi connectivity index (χ0) is 13.1. The molecule has 1 aromatic carbocycles. The standard InChI is InChI=1S/C9H8Cl3NO3S/c10-4-7(12)5-16-8-2-1-6(11)3-9(8)17(13,14)15/h1-4H,5H2,(H2,13,14,15)/b7-4-. The van der Waals surface area contributed by atoms with E-state index < -0.39 is 10.0 Å². The molecule has 2 N–H and O–H groups in total. The molecule has 8 heteroatoms. The van der Waals surface area contributed by atoms with E-state index in [4.69, 9.17) is 44.7 Å². The average molecular weight is 317 g/mol. The molecule has 0 aliphatic carbocycles. The molecule has 0 atom stereocenters. The summed E-state index contributed by atoms with van der Waals surface area (Å²) in [6, 6.07) is 4.06. The lowest BCUT2D eigenvalue weighted by atomic mass is 10.3. The Labute approximate surface area is 114 Å². The monoisotopic (exact) mass is 315 g/mol. The average Bonchev–Trinajstić information content (AvgIpc) is 2.25. The molecule has 0 fully saturated rings. The molecule has 0 spiro atoms. The van der Waals surface area contributed by atoms with Gasteiger partial charge in [0.05, 0.1) is 5.03 Å². The first kappa shape index (κ1) is 14.6. The molecule has 1 rings (SSSR count). The second-order valence-electron chi connectivity index (χ2n) is 2.98. The van der Waals surface area contributed by atoms with Gasteiger partial charge in [-0.1, -0.05) is 34.8 Å². The highest BCUT2D eigenvalue weighted by Crippen LogP contribution is 2.26. The molecule has 1 aromatic rings. The zero-order valence-electron chi connectivity index (χ0n) is 8.36. The third kappa shape index (κ3) is 4.37. The van der Waals surface area contributed by atoms with Crippen LogP contribution in [-0.2, 0) is 10.0 Å². The van der Waals surface area contributed by atoms with Crippen LogP contribution in [0.1, 0.15) is 0 Å². The van der Waals surface area contributed by atoms with Crippen molar-refractivity contribution in [3.63, 3.8) is 0 Å². The van der Waals surface area contributed by atoms with E-state index in [9.17, 15) is 8.42 Å². The van der Waals surface area contributed by atoms with Crippen molar-refractivity contribution in [2.75, 3.05) is 6.61 Å². The number of rotatable bonds is 4. The summed E-state index contributed by atoms with van der Waals surface area (Å²) in [5.41, 5.74) is 1.12. The van der Waals surface area contributed by atoms with Crippen molar-refractivity contribution < 1.29 is 13.2 Å². The number of sulfonamides is 1. The van der Waals surface area contributed by atoms with Gasteiger partial charge in [0.2, 0.25) is 10.0 Å². The Hall–Kier alpha value is -0.460. The lowest BCUT2D eigenvalue weighted by Crippen LogP contribution is -2.14. The summed E-state index contributed by atoms with van der Waals surface area (Å²) < 4.78 is 27.7. The molecule has 0 amide bonds. The fourth-order valence-electron chi connectivity index (χ4n) is 1.00. The van der Waals surface area contributed by atoms with Gasteiger partial charge in [-0.2, -0.15) is 0 Å². The zero-order valence-corrected chi connectivity index (χ0v) is 11.4. The number of primary sulfonamides is 1. The lowest BCUT2D eigenvalue weighted by molar-refractivity contribution is 0.349. The Morgan fingerprint density at radius 1 is 1.47 bits per heavy atom. The molecule has 94 valence electrons. The van der Waals surface area contributed by atoms with Gasteiger partial charge in [-0.05, 0) is 18.2 Å². The molecule has 0 aliphatic heterocycles. The molecule has 0 radical (unpaired) electrons. The van der Waals surface area contributed by atoms with Crippen LogP contribution in [0.2, 0.25) is 5.02 Å². The van der Waals surface area contributed by atoms with Crippen LogP contribution in [0.3, 0.4) is 0 Å². The highest BCUT2D eigenvalue weighted by molar-refractivity contribution is 7.89. The molecular formula is C9H8Cl3NO3S. The normalized spacial score (nSPS) is 12.6. The van der Waals surface area contributed by atoms with E-state index in [1.165, 1.54) is 18.2 Å². The first-order chi connectivity index (χ1) is 7.84. The molecule has 0 saturated heterocycles. The van der Waals surface area contributed by atoms with E-state index in [1.54, 1.807) is 0 Å². The minimum Gasteiger partial charge on any atom is -0.487 e. The van der Waals surface area contributed by atoms with Crippen molar-refractivity contribution >= 4 is 44.8 Å². The van der Waals surface area contributed by atoms with Crippen LogP contribution in [0, 0.1) is 0 Å². The van der Waals surface area contributed by atoms with E-state index in [0.29, 0.717) is 0 Å². The van der Waals surface area contributed by atoms with Gasteiger partial charge in [-0.15, -0.1) is 0 Å². The van der Waals surface area contributed by atoms with Crippen molar-refractivity contribution in [1.82, 2.24) is 0 Å². The maximum Gasteiger partial charge on any atom is 0.241 e. The minimum atomic E-state index is -3.92. The van der Waals surface area contributed by atoms with Crippen LogP contribution in [0.25, 0.3) is 0 Å². The van der Waals surface area contributed by atoms with Crippen molar-refractivity contribution in [2.45, 2.75) is 4.90 Å². The summed E-state index contributed by atoms with van der Waals surface area (Å²) in [4.78, 5) is -0.205. The minimum absolute atomic E-state index is 0.0603. The predicted molar refractivity (Wildman–Crippen MR) is 68.1 cm³/mol. The summed E-state index contributed by atoms with van der Waals surface area (Å²) in [7, 11) is -3.92. The van der Waals surface area contributed by atoms with Gasteiger partial charge in [-0.3, -0.25) is 0 Å². The van der Waals surface area contributed by atoms with Crippen molar-refractivity contribution in [3.8, 4) is 5.75 Å². The van der Waals surface area contributed by atoms with Crippen LogP contribution in [0.5, 0.6) is 5.75 Å². The molecule has 0 saturated carbocycles. The largest absolute Gasteiger partial charge is 0.487 e. The molecular weight excluding hydrogens is 309 g/mol. The quantitative estimate of drug-likeness (QED) is 0.928. The van der Waals surface area contributed by atoms with Gasteiger partial charge in [0.1, 0.15) is 17.3 Å². The van der Waals surface area contributed by atoms with Gasteiger partial charge in [0.15, 0.2) is 0 Å². The Balaban J connectivity index is 3.08. The maximum absolute atomic E-state index is 11.3. The van der Waals surface area contributed by atoms with E-state index >= 15 is 0 Å².